The van der Waals surface area contributed by atoms with Crippen LogP contribution in [-0.2, 0) is 20.7 Å². The molecule has 0 spiro atoms. The monoisotopic (exact) mass is 335 g/mol. The number of halogens is 1. The molecular formula is C18H22FNO4. The standard InChI is InChI=1S/C18H22FNO4/c19-14-3-1-2-13(11-14)10-12-6-8-20(9-7-12)17(21)15-4-5-16(24-15)18(22)23/h1-3,11-12,15-16H,4-10H2,(H,22,23)/t15-,16+/m0/s1. The summed E-state index contributed by atoms with van der Waals surface area (Å²) in [6, 6.07) is 6.66. The third-order valence-corrected chi connectivity index (χ3v) is 4.91. The molecule has 6 heteroatoms. The van der Waals surface area contributed by atoms with E-state index in [0.29, 0.717) is 31.8 Å². The molecule has 5 nitrogen and oxygen atoms in total. The van der Waals surface area contributed by atoms with Crippen LogP contribution in [0.3, 0.4) is 0 Å². The van der Waals surface area contributed by atoms with Gasteiger partial charge in [0.2, 0.25) is 0 Å². The highest BCUT2D eigenvalue weighted by molar-refractivity contribution is 5.82. The lowest BCUT2D eigenvalue weighted by molar-refractivity contribution is -0.155. The minimum absolute atomic E-state index is 0.0945. The fourth-order valence-electron chi connectivity index (χ4n) is 3.56. The van der Waals surface area contributed by atoms with Crippen molar-refractivity contribution in [1.82, 2.24) is 4.90 Å². The number of likely N-dealkylation sites (tertiary alicyclic amines) is 1. The van der Waals surface area contributed by atoms with Crippen LogP contribution in [0.1, 0.15) is 31.2 Å². The molecule has 0 unspecified atom stereocenters. The lowest BCUT2D eigenvalue weighted by Gasteiger charge is -2.33. The van der Waals surface area contributed by atoms with Crippen molar-refractivity contribution in [3.63, 3.8) is 0 Å². The molecule has 2 aliphatic rings. The van der Waals surface area contributed by atoms with Gasteiger partial charge in [-0.05, 0) is 55.7 Å². The van der Waals surface area contributed by atoms with E-state index < -0.39 is 18.2 Å². The molecule has 24 heavy (non-hydrogen) atoms. The third-order valence-electron chi connectivity index (χ3n) is 4.91. The molecule has 0 saturated carbocycles. The van der Waals surface area contributed by atoms with Crippen LogP contribution in [0.2, 0.25) is 0 Å². The summed E-state index contributed by atoms with van der Waals surface area (Å²) in [5.74, 6) is -0.874. The Morgan fingerprint density at radius 3 is 2.50 bits per heavy atom. The minimum atomic E-state index is -1.00. The number of carboxylic acid groups (broad SMARTS) is 1. The van der Waals surface area contributed by atoms with Gasteiger partial charge in [0.15, 0.2) is 6.10 Å². The molecule has 130 valence electrons. The summed E-state index contributed by atoms with van der Waals surface area (Å²) in [4.78, 5) is 25.1. The molecule has 1 amide bonds. The first-order valence-electron chi connectivity index (χ1n) is 8.44. The number of benzene rings is 1. The Morgan fingerprint density at radius 2 is 1.88 bits per heavy atom. The van der Waals surface area contributed by atoms with Gasteiger partial charge >= 0.3 is 5.97 Å². The van der Waals surface area contributed by atoms with Crippen molar-refractivity contribution in [2.24, 2.45) is 5.92 Å². The van der Waals surface area contributed by atoms with E-state index >= 15 is 0 Å². The van der Waals surface area contributed by atoms with E-state index in [1.165, 1.54) is 6.07 Å². The Bertz CT molecular complexity index is 613. The van der Waals surface area contributed by atoms with Crippen LogP contribution in [0.15, 0.2) is 24.3 Å². The zero-order valence-corrected chi connectivity index (χ0v) is 13.5. The van der Waals surface area contributed by atoms with E-state index in [1.807, 2.05) is 6.07 Å². The van der Waals surface area contributed by atoms with E-state index in [4.69, 9.17) is 9.84 Å². The van der Waals surface area contributed by atoms with Crippen molar-refractivity contribution in [3.05, 3.63) is 35.6 Å². The maximum absolute atomic E-state index is 13.2. The molecule has 1 aromatic rings. The average molecular weight is 335 g/mol. The smallest absolute Gasteiger partial charge is 0.332 e. The van der Waals surface area contributed by atoms with E-state index in [-0.39, 0.29) is 11.7 Å². The maximum Gasteiger partial charge on any atom is 0.332 e. The fourth-order valence-corrected chi connectivity index (χ4v) is 3.56. The fraction of sp³-hybridized carbons (Fsp3) is 0.556. The van der Waals surface area contributed by atoms with Crippen LogP contribution in [0, 0.1) is 11.7 Å². The maximum atomic E-state index is 13.2. The number of nitrogens with zero attached hydrogens (tertiary/aromatic N) is 1. The van der Waals surface area contributed by atoms with Gasteiger partial charge < -0.3 is 14.7 Å². The largest absolute Gasteiger partial charge is 0.479 e. The van der Waals surface area contributed by atoms with E-state index in [9.17, 15) is 14.0 Å². The van der Waals surface area contributed by atoms with Crippen molar-refractivity contribution >= 4 is 11.9 Å². The van der Waals surface area contributed by atoms with Crippen LogP contribution in [0.25, 0.3) is 0 Å². The normalized spacial score (nSPS) is 25.0. The quantitative estimate of drug-likeness (QED) is 0.916. The predicted octanol–water partition coefficient (Wildman–Crippen LogP) is 2.24. The number of hydrogen-bond donors (Lipinski definition) is 1. The molecule has 2 saturated heterocycles. The molecule has 0 aliphatic carbocycles. The topological polar surface area (TPSA) is 66.8 Å². The molecule has 1 N–H and O–H groups in total. The number of carbonyl (C=O) groups is 2. The SMILES string of the molecule is O=C(O)[C@H]1CC[C@@H](C(=O)N2CCC(Cc3cccc(F)c3)CC2)O1. The minimum Gasteiger partial charge on any atom is -0.479 e. The zero-order valence-electron chi connectivity index (χ0n) is 13.5. The number of rotatable bonds is 4. The van der Waals surface area contributed by atoms with Crippen LogP contribution in [0.4, 0.5) is 4.39 Å². The molecule has 1 aromatic carbocycles. The highest BCUT2D eigenvalue weighted by Crippen LogP contribution is 2.26. The summed E-state index contributed by atoms with van der Waals surface area (Å²) in [7, 11) is 0. The van der Waals surface area contributed by atoms with Crippen LogP contribution >= 0.6 is 0 Å². The van der Waals surface area contributed by atoms with Gasteiger partial charge in [-0.2, -0.15) is 0 Å². The highest BCUT2D eigenvalue weighted by Gasteiger charge is 2.37. The number of aliphatic carboxylic acids is 1. The Balaban J connectivity index is 1.48. The Labute approximate surface area is 140 Å². The molecule has 2 atom stereocenters. The van der Waals surface area contributed by atoms with Gasteiger partial charge in [-0.3, -0.25) is 4.79 Å². The van der Waals surface area contributed by atoms with Gasteiger partial charge in [0, 0.05) is 13.1 Å². The van der Waals surface area contributed by atoms with Gasteiger partial charge in [0.25, 0.3) is 5.91 Å². The van der Waals surface area contributed by atoms with Crippen LogP contribution in [0.5, 0.6) is 0 Å². The number of piperidine rings is 1. The van der Waals surface area contributed by atoms with Gasteiger partial charge in [0.1, 0.15) is 11.9 Å². The average Bonchev–Trinajstić information content (AvgIpc) is 3.05. The van der Waals surface area contributed by atoms with Crippen molar-refractivity contribution in [3.8, 4) is 0 Å². The molecule has 0 bridgehead atoms. The number of amides is 1. The molecule has 2 heterocycles. The number of carboxylic acids is 1. The second-order valence-electron chi connectivity index (χ2n) is 6.63. The first-order valence-corrected chi connectivity index (χ1v) is 8.44. The van der Waals surface area contributed by atoms with E-state index in [2.05, 4.69) is 0 Å². The van der Waals surface area contributed by atoms with Gasteiger partial charge in [0.05, 0.1) is 0 Å². The van der Waals surface area contributed by atoms with Crippen molar-refractivity contribution in [2.75, 3.05) is 13.1 Å². The molecule has 3 rings (SSSR count). The second kappa shape index (κ2) is 7.30. The summed E-state index contributed by atoms with van der Waals surface area (Å²) in [6.07, 6.45) is 1.95. The molecule has 0 aromatic heterocycles. The first-order chi connectivity index (χ1) is 11.5. The predicted molar refractivity (Wildman–Crippen MR) is 84.9 cm³/mol. The summed E-state index contributed by atoms with van der Waals surface area (Å²) in [5, 5.41) is 8.94. The Kier molecular flexibility index (Phi) is 5.14. The van der Waals surface area contributed by atoms with Gasteiger partial charge in [-0.1, -0.05) is 12.1 Å². The number of carbonyl (C=O) groups excluding carboxylic acids is 1. The summed E-state index contributed by atoms with van der Waals surface area (Å²) in [6.45, 7) is 1.30. The summed E-state index contributed by atoms with van der Waals surface area (Å²) < 4.78 is 18.6. The van der Waals surface area contributed by atoms with E-state index in [1.54, 1.807) is 17.0 Å². The molecule has 2 fully saturated rings. The lowest BCUT2D eigenvalue weighted by atomic mass is 9.90. The first kappa shape index (κ1) is 16.9. The van der Waals surface area contributed by atoms with Gasteiger partial charge in [-0.15, -0.1) is 0 Å². The zero-order chi connectivity index (χ0) is 17.1. The van der Waals surface area contributed by atoms with Crippen molar-refractivity contribution in [2.45, 2.75) is 44.3 Å². The highest BCUT2D eigenvalue weighted by atomic mass is 19.1. The summed E-state index contributed by atoms with van der Waals surface area (Å²) in [5.41, 5.74) is 0.989. The Morgan fingerprint density at radius 1 is 1.17 bits per heavy atom. The van der Waals surface area contributed by atoms with Crippen molar-refractivity contribution in [1.29, 1.82) is 0 Å². The van der Waals surface area contributed by atoms with Gasteiger partial charge in [-0.25, -0.2) is 9.18 Å². The number of ether oxygens (including phenoxy) is 1. The lowest BCUT2D eigenvalue weighted by Crippen LogP contribution is -2.44. The molecule has 0 radical (unpaired) electrons. The van der Waals surface area contributed by atoms with Crippen LogP contribution in [-0.4, -0.2) is 47.2 Å². The number of hydrogen-bond acceptors (Lipinski definition) is 3. The van der Waals surface area contributed by atoms with E-state index in [0.717, 1.165) is 24.8 Å². The summed E-state index contributed by atoms with van der Waals surface area (Å²) >= 11 is 0. The third kappa shape index (κ3) is 3.93. The van der Waals surface area contributed by atoms with Crippen LogP contribution < -0.4 is 0 Å². The van der Waals surface area contributed by atoms with Crippen molar-refractivity contribution < 1.29 is 23.8 Å². The molecular weight excluding hydrogens is 313 g/mol. The molecule has 2 aliphatic heterocycles. The Hall–Kier alpha value is -1.95. The second-order valence-corrected chi connectivity index (χ2v) is 6.63.